The minimum Gasteiger partial charge on any atom is -0.302 e. The number of hydrogen-bond donors (Lipinski definition) is 1. The van der Waals surface area contributed by atoms with E-state index < -0.39 is 10.0 Å². The van der Waals surface area contributed by atoms with Gasteiger partial charge in [0.15, 0.2) is 5.13 Å². The molecule has 3 heterocycles. The third kappa shape index (κ3) is 4.98. The second kappa shape index (κ2) is 9.47. The SMILES string of the molecule is CSc1ccc(S(=O)(=O)N2CCC(C(=O)Nc3nc(-c4cccnc4)cs3)CC2)cc1. The number of hydrogen-bond acceptors (Lipinski definition) is 7. The molecule has 1 saturated heterocycles. The van der Waals surface area contributed by atoms with Gasteiger partial charge in [-0.25, -0.2) is 13.4 Å². The Labute approximate surface area is 190 Å². The van der Waals surface area contributed by atoms with Gasteiger partial charge < -0.3 is 5.32 Å². The Balaban J connectivity index is 1.35. The van der Waals surface area contributed by atoms with Gasteiger partial charge in [0.25, 0.3) is 0 Å². The first-order valence-electron chi connectivity index (χ1n) is 9.78. The number of pyridine rings is 1. The zero-order valence-electron chi connectivity index (χ0n) is 16.9. The minimum absolute atomic E-state index is 0.117. The molecule has 1 N–H and O–H groups in total. The summed E-state index contributed by atoms with van der Waals surface area (Å²) in [7, 11) is -3.55. The molecule has 2 aromatic heterocycles. The lowest BCUT2D eigenvalue weighted by atomic mass is 9.97. The molecule has 10 heteroatoms. The van der Waals surface area contributed by atoms with Crippen molar-refractivity contribution in [3.05, 3.63) is 54.2 Å². The molecule has 4 rings (SSSR count). The molecule has 7 nitrogen and oxygen atoms in total. The van der Waals surface area contributed by atoms with Crippen LogP contribution in [0.4, 0.5) is 5.13 Å². The molecule has 0 radical (unpaired) electrons. The number of benzene rings is 1. The average Bonchev–Trinajstić information content (AvgIpc) is 3.28. The van der Waals surface area contributed by atoms with Crippen molar-refractivity contribution < 1.29 is 13.2 Å². The van der Waals surface area contributed by atoms with Gasteiger partial charge in [0.1, 0.15) is 0 Å². The third-order valence-corrected chi connectivity index (χ3v) is 8.63. The van der Waals surface area contributed by atoms with Gasteiger partial charge in [-0.2, -0.15) is 4.31 Å². The number of sulfonamides is 1. The van der Waals surface area contributed by atoms with Crippen LogP contribution in [0, 0.1) is 5.92 Å². The van der Waals surface area contributed by atoms with E-state index in [0.29, 0.717) is 36.0 Å². The number of carbonyl (C=O) groups excluding carboxylic acids is 1. The van der Waals surface area contributed by atoms with Crippen molar-refractivity contribution in [2.75, 3.05) is 24.7 Å². The molecular formula is C21H22N4O3S3. The van der Waals surface area contributed by atoms with Crippen LogP contribution in [0.2, 0.25) is 0 Å². The Hall–Kier alpha value is -2.27. The van der Waals surface area contributed by atoms with Crippen LogP contribution in [0.1, 0.15) is 12.8 Å². The number of amides is 1. The van der Waals surface area contributed by atoms with E-state index in [0.717, 1.165) is 16.2 Å². The highest BCUT2D eigenvalue weighted by Gasteiger charge is 2.32. The zero-order chi connectivity index (χ0) is 21.8. The minimum atomic E-state index is -3.55. The fraction of sp³-hybridized carbons (Fsp3) is 0.286. The summed E-state index contributed by atoms with van der Waals surface area (Å²) in [5.74, 6) is -0.357. The highest BCUT2D eigenvalue weighted by molar-refractivity contribution is 7.98. The van der Waals surface area contributed by atoms with Crippen molar-refractivity contribution in [3.63, 3.8) is 0 Å². The Kier molecular flexibility index (Phi) is 6.71. The Morgan fingerprint density at radius 3 is 2.58 bits per heavy atom. The quantitative estimate of drug-likeness (QED) is 0.544. The van der Waals surface area contributed by atoms with Gasteiger partial charge in [-0.1, -0.05) is 0 Å². The number of nitrogens with one attached hydrogen (secondary N) is 1. The van der Waals surface area contributed by atoms with Gasteiger partial charge in [-0.15, -0.1) is 23.1 Å². The lowest BCUT2D eigenvalue weighted by molar-refractivity contribution is -0.120. The Morgan fingerprint density at radius 1 is 1.19 bits per heavy atom. The van der Waals surface area contributed by atoms with Crippen LogP contribution in [0.3, 0.4) is 0 Å². The summed E-state index contributed by atoms with van der Waals surface area (Å²) in [5, 5.41) is 5.29. The van der Waals surface area contributed by atoms with Crippen molar-refractivity contribution in [3.8, 4) is 11.3 Å². The van der Waals surface area contributed by atoms with Crippen molar-refractivity contribution >= 4 is 44.2 Å². The molecule has 1 aromatic carbocycles. The molecule has 0 bridgehead atoms. The monoisotopic (exact) mass is 474 g/mol. The fourth-order valence-electron chi connectivity index (χ4n) is 3.44. The van der Waals surface area contributed by atoms with Crippen molar-refractivity contribution in [2.24, 2.45) is 5.92 Å². The standard InChI is InChI=1S/C21H22N4O3S3/c1-29-17-4-6-18(7-5-17)31(27,28)25-11-8-15(9-12-25)20(26)24-21-23-19(14-30-21)16-3-2-10-22-13-16/h2-7,10,13-15H,8-9,11-12H2,1H3,(H,23,24,26). The predicted octanol–water partition coefficient (Wildman–Crippen LogP) is 3.97. The molecule has 0 atom stereocenters. The molecule has 1 aliphatic heterocycles. The molecule has 1 aliphatic rings. The fourth-order valence-corrected chi connectivity index (χ4v) is 6.04. The summed E-state index contributed by atoms with van der Waals surface area (Å²) in [6, 6.07) is 10.7. The molecule has 0 saturated carbocycles. The van der Waals surface area contributed by atoms with Crippen LogP contribution >= 0.6 is 23.1 Å². The van der Waals surface area contributed by atoms with Crippen LogP contribution in [0.25, 0.3) is 11.3 Å². The largest absolute Gasteiger partial charge is 0.302 e. The third-order valence-electron chi connectivity index (χ3n) is 5.21. The smallest absolute Gasteiger partial charge is 0.243 e. The number of rotatable bonds is 6. The predicted molar refractivity (Wildman–Crippen MR) is 124 cm³/mol. The first-order valence-corrected chi connectivity index (χ1v) is 13.3. The second-order valence-corrected chi connectivity index (χ2v) is 10.8. The summed E-state index contributed by atoms with van der Waals surface area (Å²) >= 11 is 2.93. The lowest BCUT2D eigenvalue weighted by Gasteiger charge is -2.30. The summed E-state index contributed by atoms with van der Waals surface area (Å²) in [4.78, 5) is 22.5. The maximum Gasteiger partial charge on any atom is 0.243 e. The van der Waals surface area contributed by atoms with Gasteiger partial charge >= 0.3 is 0 Å². The first-order chi connectivity index (χ1) is 15.0. The number of thiazole rings is 1. The number of carbonyl (C=O) groups is 1. The summed E-state index contributed by atoms with van der Waals surface area (Å²) in [6.45, 7) is 0.646. The van der Waals surface area contributed by atoms with Crippen LogP contribution in [-0.2, 0) is 14.8 Å². The van der Waals surface area contributed by atoms with Crippen LogP contribution in [0.5, 0.6) is 0 Å². The van der Waals surface area contributed by atoms with E-state index in [1.54, 1.807) is 36.3 Å². The molecular weight excluding hydrogens is 452 g/mol. The van der Waals surface area contributed by atoms with Crippen molar-refractivity contribution in [2.45, 2.75) is 22.6 Å². The average molecular weight is 475 g/mol. The molecule has 31 heavy (non-hydrogen) atoms. The van der Waals surface area contributed by atoms with E-state index in [-0.39, 0.29) is 11.8 Å². The Bertz CT molecular complexity index is 1140. The molecule has 1 fully saturated rings. The topological polar surface area (TPSA) is 92.3 Å². The van der Waals surface area contributed by atoms with Gasteiger partial charge in [0.05, 0.1) is 10.6 Å². The maximum absolute atomic E-state index is 12.9. The maximum atomic E-state index is 12.9. The second-order valence-electron chi connectivity index (χ2n) is 7.12. The van der Waals surface area contributed by atoms with Crippen LogP contribution < -0.4 is 5.32 Å². The molecule has 0 unspecified atom stereocenters. The van der Waals surface area contributed by atoms with Gasteiger partial charge in [-0.3, -0.25) is 9.78 Å². The van der Waals surface area contributed by atoms with E-state index in [9.17, 15) is 13.2 Å². The van der Waals surface area contributed by atoms with Gasteiger partial charge in [-0.05, 0) is 55.5 Å². The normalized spacial score (nSPS) is 15.6. The number of thioether (sulfide) groups is 1. The highest BCUT2D eigenvalue weighted by atomic mass is 32.2. The first kappa shape index (κ1) is 21.9. The highest BCUT2D eigenvalue weighted by Crippen LogP contribution is 2.28. The molecule has 1 amide bonds. The lowest BCUT2D eigenvalue weighted by Crippen LogP contribution is -2.41. The number of piperidine rings is 1. The van der Waals surface area contributed by atoms with Crippen LogP contribution in [-0.4, -0.2) is 47.9 Å². The van der Waals surface area contributed by atoms with Crippen molar-refractivity contribution in [1.29, 1.82) is 0 Å². The van der Waals surface area contributed by atoms with E-state index in [4.69, 9.17) is 0 Å². The summed E-state index contributed by atoms with van der Waals surface area (Å²) in [5.41, 5.74) is 1.66. The van der Waals surface area contributed by atoms with Crippen molar-refractivity contribution in [1.82, 2.24) is 14.3 Å². The zero-order valence-corrected chi connectivity index (χ0v) is 19.3. The van der Waals surface area contributed by atoms with Gasteiger partial charge in [0, 0.05) is 47.2 Å². The molecule has 162 valence electrons. The summed E-state index contributed by atoms with van der Waals surface area (Å²) in [6.07, 6.45) is 6.34. The Morgan fingerprint density at radius 2 is 1.94 bits per heavy atom. The summed E-state index contributed by atoms with van der Waals surface area (Å²) < 4.78 is 27.3. The molecule has 0 spiro atoms. The molecule has 3 aromatic rings. The van der Waals surface area contributed by atoms with Crippen LogP contribution in [0.15, 0.2) is 64.0 Å². The van der Waals surface area contributed by atoms with E-state index >= 15 is 0 Å². The van der Waals surface area contributed by atoms with E-state index in [1.807, 2.05) is 35.9 Å². The van der Waals surface area contributed by atoms with E-state index in [2.05, 4.69) is 15.3 Å². The number of anilines is 1. The number of aromatic nitrogens is 2. The molecule has 0 aliphatic carbocycles. The van der Waals surface area contributed by atoms with Gasteiger partial charge in [0.2, 0.25) is 15.9 Å². The number of nitrogens with zero attached hydrogens (tertiary/aromatic N) is 3. The van der Waals surface area contributed by atoms with E-state index in [1.165, 1.54) is 15.6 Å².